The van der Waals surface area contributed by atoms with Crippen molar-refractivity contribution in [2.24, 2.45) is 0 Å². The fraction of sp³-hybridized carbons (Fsp3) is 0.194. The molecule has 4 heterocycles. The molecular formula is C31H30N8O2. The molecular weight excluding hydrogens is 516 g/mol. The Kier molecular flexibility index (Phi) is 7.27. The Bertz CT molecular complexity index is 1670. The molecule has 2 aromatic carbocycles. The second kappa shape index (κ2) is 11.5. The molecule has 1 aliphatic heterocycles. The summed E-state index contributed by atoms with van der Waals surface area (Å²) in [4.78, 5) is 29.9. The Hall–Kier alpha value is -5.25. The standard InChI is InChI=1S/C31H30N8O2/c1-37(26-10-5-6-17-33-26)18-7-11-27(40)38-19-16-23(20-38)39-31-28(30(32)34-21-35-31)29(36-39)22-12-14-25(15-13-22)41-24-8-3-2-4-9-24/h2-15,17,21,23H,16,18-20H2,1H3,(H2,32,34,35)/t23-/m1/s1. The van der Waals surface area contributed by atoms with Gasteiger partial charge < -0.3 is 20.3 Å². The molecule has 1 amide bonds. The minimum atomic E-state index is -0.0326. The van der Waals surface area contributed by atoms with Crippen molar-refractivity contribution in [3.63, 3.8) is 0 Å². The summed E-state index contributed by atoms with van der Waals surface area (Å²) in [5.74, 6) is 2.68. The average molecular weight is 547 g/mol. The van der Waals surface area contributed by atoms with Crippen molar-refractivity contribution in [1.82, 2.24) is 29.6 Å². The Morgan fingerprint density at radius 2 is 1.80 bits per heavy atom. The molecule has 0 aliphatic carbocycles. The van der Waals surface area contributed by atoms with Crippen LogP contribution in [0.1, 0.15) is 12.5 Å². The topological polar surface area (TPSA) is 115 Å². The van der Waals surface area contributed by atoms with Crippen molar-refractivity contribution in [3.8, 4) is 22.8 Å². The number of nitrogens with zero attached hydrogens (tertiary/aromatic N) is 7. The molecule has 0 unspecified atom stereocenters. The van der Waals surface area contributed by atoms with E-state index in [1.54, 1.807) is 12.3 Å². The van der Waals surface area contributed by atoms with Gasteiger partial charge in [-0.3, -0.25) is 4.79 Å². The molecule has 6 rings (SSSR count). The molecule has 10 nitrogen and oxygen atoms in total. The van der Waals surface area contributed by atoms with E-state index in [1.807, 2.05) is 100 Å². The van der Waals surface area contributed by atoms with E-state index in [9.17, 15) is 4.79 Å². The van der Waals surface area contributed by atoms with Crippen LogP contribution in [0.5, 0.6) is 11.5 Å². The van der Waals surface area contributed by atoms with Crippen molar-refractivity contribution in [2.75, 3.05) is 37.3 Å². The van der Waals surface area contributed by atoms with E-state index in [0.717, 1.165) is 29.3 Å². The van der Waals surface area contributed by atoms with Gasteiger partial charge in [-0.15, -0.1) is 0 Å². The number of ether oxygens (including phenoxy) is 1. The molecule has 206 valence electrons. The molecule has 10 heteroatoms. The van der Waals surface area contributed by atoms with Crippen LogP contribution in [0.25, 0.3) is 22.3 Å². The quantitative estimate of drug-likeness (QED) is 0.278. The molecule has 0 saturated carbocycles. The van der Waals surface area contributed by atoms with Gasteiger partial charge in [0.2, 0.25) is 5.91 Å². The molecule has 1 atom stereocenters. The molecule has 0 radical (unpaired) electrons. The number of rotatable bonds is 8. The van der Waals surface area contributed by atoms with Gasteiger partial charge in [-0.05, 0) is 55.0 Å². The van der Waals surface area contributed by atoms with Crippen molar-refractivity contribution in [2.45, 2.75) is 12.5 Å². The summed E-state index contributed by atoms with van der Waals surface area (Å²) < 4.78 is 7.83. The Labute approximate surface area is 237 Å². The van der Waals surface area contributed by atoms with Crippen LogP contribution in [0.4, 0.5) is 11.6 Å². The first-order chi connectivity index (χ1) is 20.1. The molecule has 0 spiro atoms. The van der Waals surface area contributed by atoms with Gasteiger partial charge in [0.15, 0.2) is 5.65 Å². The zero-order chi connectivity index (χ0) is 28.2. The number of benzene rings is 2. The highest BCUT2D eigenvalue weighted by Crippen LogP contribution is 2.35. The minimum absolute atomic E-state index is 0.0262. The number of carbonyl (C=O) groups is 1. The third kappa shape index (κ3) is 5.58. The lowest BCUT2D eigenvalue weighted by Gasteiger charge is -2.17. The Morgan fingerprint density at radius 1 is 1.02 bits per heavy atom. The number of likely N-dealkylation sites (tertiary alicyclic amines) is 1. The number of fused-ring (bicyclic) bond motifs is 1. The Morgan fingerprint density at radius 3 is 2.59 bits per heavy atom. The molecule has 1 saturated heterocycles. The van der Waals surface area contributed by atoms with Crippen LogP contribution in [0.2, 0.25) is 0 Å². The summed E-state index contributed by atoms with van der Waals surface area (Å²) >= 11 is 0. The molecule has 2 N–H and O–H groups in total. The van der Waals surface area contributed by atoms with Crippen LogP contribution >= 0.6 is 0 Å². The maximum atomic E-state index is 13.0. The predicted octanol–water partition coefficient (Wildman–Crippen LogP) is 4.73. The third-order valence-electron chi connectivity index (χ3n) is 7.13. The van der Waals surface area contributed by atoms with E-state index in [2.05, 4.69) is 15.0 Å². The maximum absolute atomic E-state index is 13.0. The number of pyridine rings is 1. The van der Waals surface area contributed by atoms with Gasteiger partial charge >= 0.3 is 0 Å². The predicted molar refractivity (Wildman–Crippen MR) is 159 cm³/mol. The number of aromatic nitrogens is 5. The van der Waals surface area contributed by atoms with Crippen molar-refractivity contribution in [3.05, 3.63) is 97.5 Å². The fourth-order valence-electron chi connectivity index (χ4n) is 4.99. The SMILES string of the molecule is CN(CC=CC(=O)N1CC[C@@H](n2nc(-c3ccc(Oc4ccccc4)cc3)c3c(N)ncnc32)C1)c1ccccn1. The highest BCUT2D eigenvalue weighted by Gasteiger charge is 2.30. The van der Waals surface area contributed by atoms with Crippen molar-refractivity contribution in [1.29, 1.82) is 0 Å². The molecule has 0 bridgehead atoms. The number of carbonyl (C=O) groups excluding carboxylic acids is 1. The van der Waals surface area contributed by atoms with Gasteiger partial charge in [-0.2, -0.15) is 5.10 Å². The maximum Gasteiger partial charge on any atom is 0.246 e. The molecule has 1 aliphatic rings. The van der Waals surface area contributed by atoms with Crippen LogP contribution in [0, 0.1) is 0 Å². The lowest BCUT2D eigenvalue weighted by molar-refractivity contribution is -0.125. The summed E-state index contributed by atoms with van der Waals surface area (Å²) in [5, 5.41) is 5.65. The van der Waals surface area contributed by atoms with Gasteiger partial charge in [-0.25, -0.2) is 19.6 Å². The summed E-state index contributed by atoms with van der Waals surface area (Å²) in [6.45, 7) is 1.74. The number of likely N-dealkylation sites (N-methyl/N-ethyl adjacent to an activating group) is 1. The first kappa shape index (κ1) is 26.0. The van der Waals surface area contributed by atoms with Crippen LogP contribution in [-0.2, 0) is 4.79 Å². The molecule has 3 aromatic heterocycles. The zero-order valence-electron chi connectivity index (χ0n) is 22.7. The zero-order valence-corrected chi connectivity index (χ0v) is 22.7. The monoisotopic (exact) mass is 546 g/mol. The largest absolute Gasteiger partial charge is 0.457 e. The molecule has 1 fully saturated rings. The number of nitrogens with two attached hydrogens (primary N) is 1. The lowest BCUT2D eigenvalue weighted by Crippen LogP contribution is -2.28. The summed E-state index contributed by atoms with van der Waals surface area (Å²) in [5.41, 5.74) is 8.56. The van der Waals surface area contributed by atoms with E-state index >= 15 is 0 Å². The van der Waals surface area contributed by atoms with Crippen LogP contribution in [0.15, 0.2) is 97.5 Å². The first-order valence-electron chi connectivity index (χ1n) is 13.5. The van der Waals surface area contributed by atoms with Gasteiger partial charge in [-0.1, -0.05) is 30.3 Å². The van der Waals surface area contributed by atoms with E-state index < -0.39 is 0 Å². The molecule has 41 heavy (non-hydrogen) atoms. The number of amides is 1. The van der Waals surface area contributed by atoms with E-state index in [1.165, 1.54) is 6.33 Å². The highest BCUT2D eigenvalue weighted by atomic mass is 16.5. The number of hydrogen-bond donors (Lipinski definition) is 1. The second-order valence-electron chi connectivity index (χ2n) is 9.89. The van der Waals surface area contributed by atoms with Crippen LogP contribution in [0.3, 0.4) is 0 Å². The van der Waals surface area contributed by atoms with E-state index in [4.69, 9.17) is 15.6 Å². The normalized spacial score (nSPS) is 15.0. The van der Waals surface area contributed by atoms with Gasteiger partial charge in [0.25, 0.3) is 0 Å². The summed E-state index contributed by atoms with van der Waals surface area (Å²) in [7, 11) is 1.95. The van der Waals surface area contributed by atoms with Gasteiger partial charge in [0.05, 0.1) is 11.4 Å². The van der Waals surface area contributed by atoms with E-state index in [-0.39, 0.29) is 11.9 Å². The van der Waals surface area contributed by atoms with Crippen molar-refractivity contribution >= 4 is 28.6 Å². The van der Waals surface area contributed by atoms with Crippen LogP contribution in [-0.4, -0.2) is 62.2 Å². The highest BCUT2D eigenvalue weighted by molar-refractivity contribution is 5.98. The first-order valence-corrected chi connectivity index (χ1v) is 13.5. The van der Waals surface area contributed by atoms with Gasteiger partial charge in [0.1, 0.15) is 35.2 Å². The number of hydrogen-bond acceptors (Lipinski definition) is 8. The average Bonchev–Trinajstić information content (AvgIpc) is 3.65. The summed E-state index contributed by atoms with van der Waals surface area (Å²) in [6, 6.07) is 23.1. The third-order valence-corrected chi connectivity index (χ3v) is 7.13. The van der Waals surface area contributed by atoms with E-state index in [0.29, 0.717) is 42.2 Å². The fourth-order valence-corrected chi connectivity index (χ4v) is 4.99. The number of para-hydroxylation sites is 1. The number of anilines is 2. The molecule has 5 aromatic rings. The number of nitrogen functional groups attached to an aromatic ring is 1. The second-order valence-corrected chi connectivity index (χ2v) is 9.89. The minimum Gasteiger partial charge on any atom is -0.457 e. The smallest absolute Gasteiger partial charge is 0.246 e. The Balaban J connectivity index is 1.18. The summed E-state index contributed by atoms with van der Waals surface area (Å²) in [6.07, 6.45) is 7.47. The lowest BCUT2D eigenvalue weighted by atomic mass is 10.1. The van der Waals surface area contributed by atoms with Crippen LogP contribution < -0.4 is 15.4 Å². The van der Waals surface area contributed by atoms with Gasteiger partial charge in [0, 0.05) is 44.5 Å². The van der Waals surface area contributed by atoms with Crippen molar-refractivity contribution < 1.29 is 9.53 Å².